The molecule has 4 nitrogen and oxygen atoms in total. The van der Waals surface area contributed by atoms with Crippen LogP contribution in [0.2, 0.25) is 5.02 Å². The van der Waals surface area contributed by atoms with Crippen molar-refractivity contribution in [1.29, 1.82) is 0 Å². The first-order valence-electron chi connectivity index (χ1n) is 4.97. The monoisotopic (exact) mass is 304 g/mol. The first kappa shape index (κ1) is 13.7. The van der Waals surface area contributed by atoms with Crippen LogP contribution in [-0.4, -0.2) is 13.4 Å². The van der Waals surface area contributed by atoms with Crippen molar-refractivity contribution in [2.24, 2.45) is 0 Å². The molecule has 1 aromatic carbocycles. The zero-order valence-corrected chi connectivity index (χ0v) is 10.8. The minimum absolute atomic E-state index is 0.0205. The number of aromatic nitrogens is 1. The SMILES string of the molecule is O=S(=O)(Nc1cnccc1Cl)c1cc(F)ccc1F. The second-order valence-electron chi connectivity index (χ2n) is 3.54. The van der Waals surface area contributed by atoms with Crippen LogP contribution in [0.1, 0.15) is 0 Å². The molecule has 19 heavy (non-hydrogen) atoms. The summed E-state index contributed by atoms with van der Waals surface area (Å²) >= 11 is 5.75. The lowest BCUT2D eigenvalue weighted by Gasteiger charge is -2.09. The molecule has 0 aliphatic rings. The molecule has 2 aromatic rings. The average Bonchev–Trinajstić information content (AvgIpc) is 2.35. The zero-order valence-electron chi connectivity index (χ0n) is 9.27. The average molecular weight is 305 g/mol. The van der Waals surface area contributed by atoms with Gasteiger partial charge in [-0.3, -0.25) is 9.71 Å². The summed E-state index contributed by atoms with van der Waals surface area (Å²) in [5, 5.41) is 0.0930. The van der Waals surface area contributed by atoms with E-state index < -0.39 is 26.6 Å². The predicted molar refractivity (Wildman–Crippen MR) is 66.4 cm³/mol. The van der Waals surface area contributed by atoms with Gasteiger partial charge in [-0.2, -0.15) is 0 Å². The molecule has 1 N–H and O–H groups in total. The van der Waals surface area contributed by atoms with E-state index in [9.17, 15) is 17.2 Å². The quantitative estimate of drug-likeness (QED) is 0.948. The Morgan fingerprint density at radius 3 is 2.63 bits per heavy atom. The maximum atomic E-state index is 13.4. The second-order valence-corrected chi connectivity index (χ2v) is 5.59. The molecule has 0 saturated heterocycles. The molecule has 0 fully saturated rings. The molecule has 0 bridgehead atoms. The van der Waals surface area contributed by atoms with E-state index in [0.717, 1.165) is 18.3 Å². The topological polar surface area (TPSA) is 59.1 Å². The van der Waals surface area contributed by atoms with Gasteiger partial charge < -0.3 is 0 Å². The molecular formula is C11H7ClF2N2O2S. The van der Waals surface area contributed by atoms with Gasteiger partial charge in [-0.05, 0) is 24.3 Å². The van der Waals surface area contributed by atoms with Crippen LogP contribution in [0.15, 0.2) is 41.6 Å². The lowest BCUT2D eigenvalue weighted by molar-refractivity contribution is 0.555. The van der Waals surface area contributed by atoms with Crippen molar-refractivity contribution in [2.75, 3.05) is 4.72 Å². The second kappa shape index (κ2) is 5.10. The molecule has 0 amide bonds. The molecule has 0 aliphatic heterocycles. The van der Waals surface area contributed by atoms with Gasteiger partial charge in [0.25, 0.3) is 10.0 Å². The third-order valence-electron chi connectivity index (χ3n) is 2.19. The van der Waals surface area contributed by atoms with Gasteiger partial charge in [0, 0.05) is 6.20 Å². The smallest absolute Gasteiger partial charge is 0.265 e. The number of sulfonamides is 1. The minimum atomic E-state index is -4.28. The molecule has 2 rings (SSSR count). The molecular weight excluding hydrogens is 298 g/mol. The first-order valence-corrected chi connectivity index (χ1v) is 6.83. The van der Waals surface area contributed by atoms with Crippen LogP contribution in [0.5, 0.6) is 0 Å². The number of pyridine rings is 1. The Labute approximate surface area is 113 Å². The Morgan fingerprint density at radius 1 is 1.21 bits per heavy atom. The van der Waals surface area contributed by atoms with Crippen LogP contribution in [0.4, 0.5) is 14.5 Å². The van der Waals surface area contributed by atoms with E-state index in [0.29, 0.717) is 6.07 Å². The number of rotatable bonds is 3. The third-order valence-corrected chi connectivity index (χ3v) is 3.91. The number of hydrogen-bond donors (Lipinski definition) is 1. The van der Waals surface area contributed by atoms with Crippen LogP contribution in [0, 0.1) is 11.6 Å². The van der Waals surface area contributed by atoms with Gasteiger partial charge in [0.15, 0.2) is 0 Å². The van der Waals surface area contributed by atoms with E-state index >= 15 is 0 Å². The third kappa shape index (κ3) is 2.99. The summed E-state index contributed by atoms with van der Waals surface area (Å²) in [4.78, 5) is 2.89. The molecule has 0 spiro atoms. The summed E-state index contributed by atoms with van der Waals surface area (Å²) in [6.07, 6.45) is 2.53. The predicted octanol–water partition coefficient (Wildman–Crippen LogP) is 2.81. The molecule has 1 heterocycles. The Kier molecular flexibility index (Phi) is 3.68. The maximum absolute atomic E-state index is 13.4. The molecule has 0 atom stereocenters. The maximum Gasteiger partial charge on any atom is 0.265 e. The van der Waals surface area contributed by atoms with Crippen molar-refractivity contribution in [3.63, 3.8) is 0 Å². The van der Waals surface area contributed by atoms with Crippen LogP contribution < -0.4 is 4.72 Å². The van der Waals surface area contributed by atoms with Gasteiger partial charge in [0.2, 0.25) is 0 Å². The van der Waals surface area contributed by atoms with Crippen LogP contribution in [-0.2, 0) is 10.0 Å². The Balaban J connectivity index is 2.44. The summed E-state index contributed by atoms with van der Waals surface area (Å²) in [6.45, 7) is 0. The Bertz CT molecular complexity index is 722. The highest BCUT2D eigenvalue weighted by Gasteiger charge is 2.21. The summed E-state index contributed by atoms with van der Waals surface area (Å²) < 4.78 is 52.3. The summed E-state index contributed by atoms with van der Waals surface area (Å²) in [5.41, 5.74) is -0.0205. The van der Waals surface area contributed by atoms with E-state index in [-0.39, 0.29) is 10.7 Å². The van der Waals surface area contributed by atoms with Crippen molar-refractivity contribution in [3.05, 3.63) is 53.3 Å². The van der Waals surface area contributed by atoms with Crippen molar-refractivity contribution in [3.8, 4) is 0 Å². The van der Waals surface area contributed by atoms with Gasteiger partial charge >= 0.3 is 0 Å². The number of nitrogens with zero attached hydrogens (tertiary/aromatic N) is 1. The normalized spacial score (nSPS) is 11.3. The summed E-state index contributed by atoms with van der Waals surface area (Å²) in [6, 6.07) is 3.50. The number of anilines is 1. The number of nitrogens with one attached hydrogen (secondary N) is 1. The van der Waals surface area contributed by atoms with Crippen molar-refractivity contribution >= 4 is 27.3 Å². The molecule has 0 unspecified atom stereocenters. The number of benzene rings is 1. The van der Waals surface area contributed by atoms with Gasteiger partial charge in [-0.15, -0.1) is 0 Å². The van der Waals surface area contributed by atoms with Crippen molar-refractivity contribution in [2.45, 2.75) is 4.90 Å². The molecule has 0 saturated carbocycles. The minimum Gasteiger partial charge on any atom is -0.276 e. The van der Waals surface area contributed by atoms with Crippen LogP contribution in [0.25, 0.3) is 0 Å². The highest BCUT2D eigenvalue weighted by Crippen LogP contribution is 2.24. The fourth-order valence-electron chi connectivity index (χ4n) is 1.34. The number of halogens is 3. The Hall–Kier alpha value is -1.73. The molecule has 1 aromatic heterocycles. The van der Waals surface area contributed by atoms with Crippen molar-refractivity contribution < 1.29 is 17.2 Å². The summed E-state index contributed by atoms with van der Waals surface area (Å²) in [5.74, 6) is -1.92. The number of hydrogen-bond acceptors (Lipinski definition) is 3. The van der Waals surface area contributed by atoms with E-state index in [2.05, 4.69) is 4.98 Å². The highest BCUT2D eigenvalue weighted by atomic mass is 35.5. The van der Waals surface area contributed by atoms with Gasteiger partial charge in [0.1, 0.15) is 16.5 Å². The molecule has 8 heteroatoms. The lowest BCUT2D eigenvalue weighted by Crippen LogP contribution is -2.15. The Morgan fingerprint density at radius 2 is 1.95 bits per heavy atom. The zero-order chi connectivity index (χ0) is 14.0. The lowest BCUT2D eigenvalue weighted by atomic mass is 10.3. The summed E-state index contributed by atoms with van der Waals surface area (Å²) in [7, 11) is -4.28. The molecule has 0 radical (unpaired) electrons. The van der Waals surface area contributed by atoms with E-state index in [1.165, 1.54) is 12.3 Å². The van der Waals surface area contributed by atoms with E-state index in [4.69, 9.17) is 11.6 Å². The van der Waals surface area contributed by atoms with Crippen molar-refractivity contribution in [1.82, 2.24) is 4.98 Å². The van der Waals surface area contributed by atoms with E-state index in [1.807, 2.05) is 4.72 Å². The largest absolute Gasteiger partial charge is 0.276 e. The first-order chi connectivity index (χ1) is 8.90. The van der Waals surface area contributed by atoms with Gasteiger partial charge in [0.05, 0.1) is 16.9 Å². The fraction of sp³-hybridized carbons (Fsp3) is 0. The molecule has 0 aliphatic carbocycles. The highest BCUT2D eigenvalue weighted by molar-refractivity contribution is 7.92. The standard InChI is InChI=1S/C11H7ClF2N2O2S/c12-8-3-4-15-6-10(8)16-19(17,18)11-5-7(13)1-2-9(11)14/h1-6,16H. The van der Waals surface area contributed by atoms with Gasteiger partial charge in [-0.25, -0.2) is 17.2 Å². The fourth-order valence-corrected chi connectivity index (χ4v) is 2.70. The van der Waals surface area contributed by atoms with Crippen LogP contribution in [0.3, 0.4) is 0 Å². The van der Waals surface area contributed by atoms with E-state index in [1.54, 1.807) is 0 Å². The van der Waals surface area contributed by atoms with Gasteiger partial charge in [-0.1, -0.05) is 11.6 Å². The van der Waals surface area contributed by atoms with Crippen LogP contribution >= 0.6 is 11.6 Å². The molecule has 100 valence electrons.